The normalized spacial score (nSPS) is 21.8. The maximum absolute atomic E-state index is 10.7. The largest absolute Gasteiger partial charge is 0.352 e. The van der Waals surface area contributed by atoms with Crippen LogP contribution in [-0.4, -0.2) is 31.6 Å². The summed E-state index contributed by atoms with van der Waals surface area (Å²) in [6, 6.07) is -0.106. The number of nitrogens with one attached hydrogen (secondary N) is 3. The van der Waals surface area contributed by atoms with Crippen molar-refractivity contribution in [2.75, 3.05) is 13.6 Å². The predicted molar refractivity (Wildman–Crippen MR) is 43.6 cm³/mol. The van der Waals surface area contributed by atoms with E-state index < -0.39 is 0 Å². The second kappa shape index (κ2) is 3.94. The monoisotopic (exact) mass is 171 g/mol. The Bertz CT molecular complexity index is 193. The Hall–Kier alpha value is -1.26. The molecule has 0 spiro atoms. The van der Waals surface area contributed by atoms with Crippen LogP contribution in [0.25, 0.3) is 0 Å². The number of hydrogen-bond donors (Lipinski definition) is 3. The van der Waals surface area contributed by atoms with E-state index in [2.05, 4.69) is 16.0 Å². The van der Waals surface area contributed by atoms with Crippen LogP contribution in [0.4, 0.5) is 4.79 Å². The first kappa shape index (κ1) is 8.83. The highest BCUT2D eigenvalue weighted by Gasteiger charge is 2.20. The van der Waals surface area contributed by atoms with Gasteiger partial charge in [0, 0.05) is 26.1 Å². The maximum atomic E-state index is 10.7. The van der Waals surface area contributed by atoms with E-state index in [0.29, 0.717) is 13.0 Å². The lowest BCUT2D eigenvalue weighted by atomic mass is 10.2. The van der Waals surface area contributed by atoms with Crippen molar-refractivity contribution in [3.05, 3.63) is 0 Å². The minimum absolute atomic E-state index is 0.0682. The molecule has 1 atom stereocenters. The van der Waals surface area contributed by atoms with Crippen LogP contribution in [0.3, 0.4) is 0 Å². The molecule has 1 unspecified atom stereocenters. The molecule has 0 aliphatic carbocycles. The molecule has 1 aliphatic rings. The molecule has 0 aromatic heterocycles. The molecule has 1 saturated heterocycles. The summed E-state index contributed by atoms with van der Waals surface area (Å²) >= 11 is 0. The van der Waals surface area contributed by atoms with Crippen molar-refractivity contribution in [2.45, 2.75) is 18.9 Å². The molecule has 0 radical (unpaired) electrons. The Morgan fingerprint density at radius 3 is 3.00 bits per heavy atom. The molecule has 0 aromatic rings. The number of urea groups is 1. The average molecular weight is 171 g/mol. The summed E-state index contributed by atoms with van der Waals surface area (Å²) in [7, 11) is 1.56. The summed E-state index contributed by atoms with van der Waals surface area (Å²) < 4.78 is 0. The van der Waals surface area contributed by atoms with Crippen molar-refractivity contribution >= 4 is 11.9 Å². The summed E-state index contributed by atoms with van der Waals surface area (Å²) in [4.78, 5) is 21.4. The van der Waals surface area contributed by atoms with Gasteiger partial charge >= 0.3 is 6.03 Å². The molecular weight excluding hydrogens is 158 g/mol. The molecule has 5 heteroatoms. The van der Waals surface area contributed by atoms with Gasteiger partial charge in [0.15, 0.2) is 0 Å². The number of amides is 3. The van der Waals surface area contributed by atoms with Gasteiger partial charge in [0.25, 0.3) is 0 Å². The van der Waals surface area contributed by atoms with Crippen LogP contribution in [0.1, 0.15) is 12.8 Å². The van der Waals surface area contributed by atoms with Crippen molar-refractivity contribution in [2.24, 2.45) is 0 Å². The number of carbonyl (C=O) groups is 2. The molecule has 1 rings (SSSR count). The third kappa shape index (κ3) is 2.41. The summed E-state index contributed by atoms with van der Waals surface area (Å²) in [6.07, 6.45) is 1.38. The van der Waals surface area contributed by atoms with E-state index in [1.54, 1.807) is 7.05 Å². The van der Waals surface area contributed by atoms with Crippen LogP contribution >= 0.6 is 0 Å². The SMILES string of the molecule is CNC(=O)NCC1CCC(=O)N1. The molecule has 68 valence electrons. The zero-order valence-corrected chi connectivity index (χ0v) is 7.02. The van der Waals surface area contributed by atoms with Gasteiger partial charge in [0.2, 0.25) is 5.91 Å². The zero-order chi connectivity index (χ0) is 8.97. The maximum Gasteiger partial charge on any atom is 0.314 e. The fourth-order valence-electron chi connectivity index (χ4n) is 1.13. The Kier molecular flexibility index (Phi) is 2.90. The van der Waals surface area contributed by atoms with Gasteiger partial charge in [-0.05, 0) is 6.42 Å². The van der Waals surface area contributed by atoms with Gasteiger partial charge in [-0.1, -0.05) is 0 Å². The number of hydrogen-bond acceptors (Lipinski definition) is 2. The van der Waals surface area contributed by atoms with E-state index in [4.69, 9.17) is 0 Å². The zero-order valence-electron chi connectivity index (χ0n) is 7.02. The van der Waals surface area contributed by atoms with Crippen molar-refractivity contribution in [3.8, 4) is 0 Å². The number of carbonyl (C=O) groups excluding carboxylic acids is 2. The minimum atomic E-state index is -0.212. The first-order chi connectivity index (χ1) is 5.72. The second-order valence-corrected chi connectivity index (χ2v) is 2.76. The second-order valence-electron chi connectivity index (χ2n) is 2.76. The Labute approximate surface area is 70.9 Å². The highest BCUT2D eigenvalue weighted by molar-refractivity contribution is 5.78. The van der Waals surface area contributed by atoms with Crippen molar-refractivity contribution in [1.29, 1.82) is 0 Å². The summed E-state index contributed by atoms with van der Waals surface area (Å²) in [6.45, 7) is 0.505. The molecule has 1 aliphatic heterocycles. The molecular formula is C7H13N3O2. The first-order valence-corrected chi connectivity index (χ1v) is 3.97. The fourth-order valence-corrected chi connectivity index (χ4v) is 1.13. The summed E-state index contributed by atoms with van der Waals surface area (Å²) in [5.41, 5.74) is 0. The molecule has 3 amide bonds. The molecule has 0 saturated carbocycles. The van der Waals surface area contributed by atoms with E-state index in [9.17, 15) is 9.59 Å². The summed E-state index contributed by atoms with van der Waals surface area (Å²) in [5, 5.41) is 7.82. The van der Waals surface area contributed by atoms with Crippen LogP contribution in [0.5, 0.6) is 0 Å². The first-order valence-electron chi connectivity index (χ1n) is 3.97. The average Bonchev–Trinajstić information content (AvgIpc) is 2.47. The lowest BCUT2D eigenvalue weighted by molar-refractivity contribution is -0.119. The van der Waals surface area contributed by atoms with Gasteiger partial charge in [0.1, 0.15) is 0 Å². The molecule has 12 heavy (non-hydrogen) atoms. The standard InChI is InChI=1S/C7H13N3O2/c1-8-7(12)9-4-5-2-3-6(11)10-5/h5H,2-4H2,1H3,(H,10,11)(H2,8,9,12). The van der Waals surface area contributed by atoms with E-state index in [-0.39, 0.29) is 18.0 Å². The van der Waals surface area contributed by atoms with Gasteiger partial charge < -0.3 is 16.0 Å². The fraction of sp³-hybridized carbons (Fsp3) is 0.714. The third-order valence-electron chi connectivity index (χ3n) is 1.82. The minimum Gasteiger partial charge on any atom is -0.352 e. The van der Waals surface area contributed by atoms with Gasteiger partial charge in [-0.2, -0.15) is 0 Å². The van der Waals surface area contributed by atoms with Gasteiger partial charge in [-0.15, -0.1) is 0 Å². The topological polar surface area (TPSA) is 70.2 Å². The Balaban J connectivity index is 2.16. The highest BCUT2D eigenvalue weighted by atomic mass is 16.2. The van der Waals surface area contributed by atoms with E-state index >= 15 is 0 Å². The van der Waals surface area contributed by atoms with Crippen LogP contribution < -0.4 is 16.0 Å². The highest BCUT2D eigenvalue weighted by Crippen LogP contribution is 2.04. The van der Waals surface area contributed by atoms with Gasteiger partial charge in [-0.3, -0.25) is 4.79 Å². The molecule has 1 heterocycles. The smallest absolute Gasteiger partial charge is 0.314 e. The Morgan fingerprint density at radius 2 is 2.50 bits per heavy atom. The lowest BCUT2D eigenvalue weighted by Gasteiger charge is -2.10. The van der Waals surface area contributed by atoms with Crippen LogP contribution in [-0.2, 0) is 4.79 Å². The quantitative estimate of drug-likeness (QED) is 0.508. The van der Waals surface area contributed by atoms with Crippen LogP contribution in [0.2, 0.25) is 0 Å². The Morgan fingerprint density at radius 1 is 1.75 bits per heavy atom. The van der Waals surface area contributed by atoms with Crippen LogP contribution in [0.15, 0.2) is 0 Å². The van der Waals surface area contributed by atoms with Crippen LogP contribution in [0, 0.1) is 0 Å². The molecule has 5 nitrogen and oxygen atoms in total. The number of rotatable bonds is 2. The van der Waals surface area contributed by atoms with E-state index in [1.807, 2.05) is 0 Å². The van der Waals surface area contributed by atoms with E-state index in [1.165, 1.54) is 0 Å². The van der Waals surface area contributed by atoms with Gasteiger partial charge in [-0.25, -0.2) is 4.79 Å². The molecule has 1 fully saturated rings. The molecule has 0 bridgehead atoms. The lowest BCUT2D eigenvalue weighted by Crippen LogP contribution is -2.41. The van der Waals surface area contributed by atoms with Gasteiger partial charge in [0.05, 0.1) is 0 Å². The van der Waals surface area contributed by atoms with Crippen molar-refractivity contribution in [1.82, 2.24) is 16.0 Å². The van der Waals surface area contributed by atoms with Crippen molar-refractivity contribution in [3.63, 3.8) is 0 Å². The van der Waals surface area contributed by atoms with E-state index in [0.717, 1.165) is 6.42 Å². The summed E-state index contributed by atoms with van der Waals surface area (Å²) in [5.74, 6) is 0.0682. The van der Waals surface area contributed by atoms with Crippen molar-refractivity contribution < 1.29 is 9.59 Å². The predicted octanol–water partition coefficient (Wildman–Crippen LogP) is -0.806. The third-order valence-corrected chi connectivity index (χ3v) is 1.82. The molecule has 0 aromatic carbocycles. The molecule has 3 N–H and O–H groups in total.